The quantitative estimate of drug-likeness (QED) is 0.326. The summed E-state index contributed by atoms with van der Waals surface area (Å²) in [5.41, 5.74) is 11.0. The van der Waals surface area contributed by atoms with E-state index >= 15 is 0 Å². The molecule has 1 radical (unpaired) electrons. The first-order chi connectivity index (χ1) is 12.1. The van der Waals surface area contributed by atoms with Crippen LogP contribution in [-0.2, 0) is 16.8 Å². The molecule has 0 atom stereocenters. The predicted molar refractivity (Wildman–Crippen MR) is 101 cm³/mol. The first kappa shape index (κ1) is 27.1. The molecule has 0 spiro atoms. The van der Waals surface area contributed by atoms with Gasteiger partial charge < -0.3 is 24.8 Å². The maximum Gasteiger partial charge on any atom is 2.00 e. The summed E-state index contributed by atoms with van der Waals surface area (Å²) >= 11 is 0. The Morgan fingerprint density at radius 1 is 0.821 bits per heavy atom. The molecule has 0 aliphatic carbocycles. The minimum atomic E-state index is 0. The van der Waals surface area contributed by atoms with Crippen molar-refractivity contribution in [3.05, 3.63) is 29.1 Å². The Morgan fingerprint density at radius 2 is 1.18 bits per heavy atom. The van der Waals surface area contributed by atoms with Crippen molar-refractivity contribution < 1.29 is 41.6 Å². The second-order valence-electron chi connectivity index (χ2n) is 6.90. The third-order valence-corrected chi connectivity index (χ3v) is 4.64. The maximum absolute atomic E-state index is 4.75. The molecule has 0 aromatic carbocycles. The van der Waals surface area contributed by atoms with Gasteiger partial charge in [0, 0.05) is 26.2 Å². The van der Waals surface area contributed by atoms with E-state index in [1.165, 1.54) is 25.7 Å². The SMILES string of the molecule is CC(=NNN1CCCC1)c1cc(C)cc(C(C)=NNN2CCCC2)n1.[Cl-].[Cl-].[Co+2]. The van der Waals surface area contributed by atoms with Crippen LogP contribution >= 0.6 is 0 Å². The number of hydrazone groups is 2. The van der Waals surface area contributed by atoms with Gasteiger partial charge >= 0.3 is 16.8 Å². The van der Waals surface area contributed by atoms with Crippen LogP contribution < -0.4 is 35.9 Å². The molecule has 2 saturated heterocycles. The van der Waals surface area contributed by atoms with Gasteiger partial charge in [0.25, 0.3) is 0 Å². The summed E-state index contributed by atoms with van der Waals surface area (Å²) in [7, 11) is 0. The van der Waals surface area contributed by atoms with Crippen LogP contribution in [0.3, 0.4) is 0 Å². The standard InChI is InChI=1S/C18H29N7.2ClH.Co/c1-14-12-17(15(2)20-22-24-8-4-5-9-24)19-18(13-14)16(3)21-23-25-10-6-7-11-25;;;/h12-13,22-23H,4-11H2,1-3H3;2*1H;/q;;;+2/p-2. The largest absolute Gasteiger partial charge is 2.00 e. The van der Waals surface area contributed by atoms with Crippen LogP contribution in [0, 0.1) is 6.92 Å². The van der Waals surface area contributed by atoms with Crippen molar-refractivity contribution in [2.75, 3.05) is 26.2 Å². The van der Waals surface area contributed by atoms with Crippen LogP contribution in [0.1, 0.15) is 56.5 Å². The van der Waals surface area contributed by atoms with Crippen LogP contribution in [0.15, 0.2) is 22.3 Å². The molecule has 1 aromatic rings. The van der Waals surface area contributed by atoms with Gasteiger partial charge in [-0.05, 0) is 64.2 Å². The summed E-state index contributed by atoms with van der Waals surface area (Å²) in [4.78, 5) is 4.75. The van der Waals surface area contributed by atoms with Crippen LogP contribution in [-0.4, -0.2) is 52.6 Å². The van der Waals surface area contributed by atoms with E-state index in [4.69, 9.17) is 4.98 Å². The van der Waals surface area contributed by atoms with Gasteiger partial charge in [-0.25, -0.2) is 26.1 Å². The molecule has 2 fully saturated rings. The number of aromatic nitrogens is 1. The van der Waals surface area contributed by atoms with Crippen molar-refractivity contribution in [2.45, 2.75) is 46.5 Å². The zero-order valence-electron chi connectivity index (χ0n) is 16.6. The van der Waals surface area contributed by atoms with E-state index in [0.717, 1.165) is 54.6 Å². The average molecular weight is 473 g/mol. The van der Waals surface area contributed by atoms with Crippen molar-refractivity contribution >= 4 is 11.4 Å². The Kier molecular flexibility index (Phi) is 12.9. The number of aryl methyl sites for hydroxylation is 1. The molecule has 0 saturated carbocycles. The molecule has 159 valence electrons. The monoisotopic (exact) mass is 472 g/mol. The first-order valence-electron chi connectivity index (χ1n) is 9.21. The molecule has 2 aliphatic rings. The number of hydrogen-bond donors (Lipinski definition) is 2. The zero-order chi connectivity index (χ0) is 17.6. The first-order valence-corrected chi connectivity index (χ1v) is 9.21. The smallest absolute Gasteiger partial charge is 1.00 e. The molecule has 3 heterocycles. The fourth-order valence-electron chi connectivity index (χ4n) is 3.08. The molecule has 2 aliphatic heterocycles. The zero-order valence-corrected chi connectivity index (χ0v) is 19.2. The fraction of sp³-hybridized carbons (Fsp3) is 0.611. The van der Waals surface area contributed by atoms with Crippen LogP contribution in [0.4, 0.5) is 0 Å². The molecule has 0 unspecified atom stereocenters. The maximum atomic E-state index is 4.75. The van der Waals surface area contributed by atoms with E-state index in [0.29, 0.717) is 0 Å². The summed E-state index contributed by atoms with van der Waals surface area (Å²) in [6.45, 7) is 10.3. The van der Waals surface area contributed by atoms with Crippen LogP contribution in [0.2, 0.25) is 0 Å². The number of pyridine rings is 1. The van der Waals surface area contributed by atoms with Gasteiger partial charge in [-0.3, -0.25) is 0 Å². The van der Waals surface area contributed by atoms with E-state index in [-0.39, 0.29) is 41.6 Å². The van der Waals surface area contributed by atoms with Gasteiger partial charge in [-0.2, -0.15) is 10.2 Å². The molecule has 7 nitrogen and oxygen atoms in total. The van der Waals surface area contributed by atoms with E-state index in [2.05, 4.69) is 50.3 Å². The van der Waals surface area contributed by atoms with Gasteiger partial charge in [0.15, 0.2) is 0 Å². The number of hydrazine groups is 2. The van der Waals surface area contributed by atoms with E-state index in [9.17, 15) is 0 Å². The Morgan fingerprint density at radius 3 is 1.54 bits per heavy atom. The second-order valence-corrected chi connectivity index (χ2v) is 6.90. The molecule has 28 heavy (non-hydrogen) atoms. The molecule has 10 heteroatoms. The van der Waals surface area contributed by atoms with E-state index in [1.54, 1.807) is 0 Å². The van der Waals surface area contributed by atoms with Gasteiger partial charge in [0.05, 0.1) is 22.8 Å². The number of nitrogens with one attached hydrogen (secondary N) is 2. The van der Waals surface area contributed by atoms with Crippen LogP contribution in [0.25, 0.3) is 0 Å². The third kappa shape index (κ3) is 7.85. The number of halogens is 2. The summed E-state index contributed by atoms with van der Waals surface area (Å²) < 4.78 is 0. The third-order valence-electron chi connectivity index (χ3n) is 4.64. The van der Waals surface area contributed by atoms with Gasteiger partial charge in [-0.1, -0.05) is 0 Å². The average Bonchev–Trinajstić information content (AvgIpc) is 3.30. The summed E-state index contributed by atoms with van der Waals surface area (Å²) in [5.74, 6) is 0. The Hall–Kier alpha value is -0.904. The number of hydrogen-bond acceptors (Lipinski definition) is 7. The topological polar surface area (TPSA) is 68.2 Å². The minimum Gasteiger partial charge on any atom is -1.00 e. The second kappa shape index (κ2) is 13.3. The Bertz CT molecular complexity index is 605. The van der Waals surface area contributed by atoms with Gasteiger partial charge in [0.1, 0.15) is 0 Å². The Labute approximate surface area is 190 Å². The van der Waals surface area contributed by atoms with E-state index < -0.39 is 0 Å². The minimum absolute atomic E-state index is 0. The summed E-state index contributed by atoms with van der Waals surface area (Å²) in [6.07, 6.45) is 4.92. The van der Waals surface area contributed by atoms with Gasteiger partial charge in [0.2, 0.25) is 0 Å². The van der Waals surface area contributed by atoms with E-state index in [1.807, 2.05) is 13.8 Å². The molecule has 2 N–H and O–H groups in total. The molecule has 0 amide bonds. The van der Waals surface area contributed by atoms with Crippen molar-refractivity contribution in [1.82, 2.24) is 26.1 Å². The molecule has 3 rings (SSSR count). The van der Waals surface area contributed by atoms with Crippen LogP contribution in [0.5, 0.6) is 0 Å². The summed E-state index contributed by atoms with van der Waals surface area (Å²) in [6, 6.07) is 4.13. The fourth-order valence-corrected chi connectivity index (χ4v) is 3.08. The van der Waals surface area contributed by atoms with Crippen molar-refractivity contribution in [3.63, 3.8) is 0 Å². The number of rotatable bonds is 6. The van der Waals surface area contributed by atoms with Crippen molar-refractivity contribution in [3.8, 4) is 0 Å². The predicted octanol–water partition coefficient (Wildman–Crippen LogP) is -3.96. The van der Waals surface area contributed by atoms with Gasteiger partial charge in [-0.15, -0.1) is 0 Å². The normalized spacial score (nSPS) is 18.1. The molecule has 0 bridgehead atoms. The Balaban J connectivity index is 0.00000243. The molecular formula is C18H29Cl2CoN7. The van der Waals surface area contributed by atoms with Crippen molar-refractivity contribution in [2.24, 2.45) is 10.2 Å². The molecule has 1 aromatic heterocycles. The molecular weight excluding hydrogens is 444 g/mol. The van der Waals surface area contributed by atoms with Crippen molar-refractivity contribution in [1.29, 1.82) is 0 Å². The number of nitrogens with zero attached hydrogens (tertiary/aromatic N) is 5. The summed E-state index contributed by atoms with van der Waals surface area (Å²) in [5, 5.41) is 13.3.